The van der Waals surface area contributed by atoms with Crippen LogP contribution in [0.3, 0.4) is 0 Å². The number of Topliss-reactive ketones (excluding diaryl/α,β-unsaturated/α-hetero) is 1. The average Bonchev–Trinajstić information content (AvgIpc) is 3.10. The second kappa shape index (κ2) is 7.99. The fourth-order valence-electron chi connectivity index (χ4n) is 2.67. The summed E-state index contributed by atoms with van der Waals surface area (Å²) < 4.78 is 6.98. The number of rotatable bonds is 6. The van der Waals surface area contributed by atoms with Crippen LogP contribution < -0.4 is 5.32 Å². The third-order valence-corrected chi connectivity index (χ3v) is 4.24. The Balaban J connectivity index is 1.67. The molecule has 0 fully saturated rings. The second-order valence-electron chi connectivity index (χ2n) is 6.28. The summed E-state index contributed by atoms with van der Waals surface area (Å²) in [5, 5.41) is 10.7. The molecule has 1 amide bonds. The lowest BCUT2D eigenvalue weighted by atomic mass is 10.1. The van der Waals surface area contributed by atoms with Gasteiger partial charge in [0.25, 0.3) is 5.91 Å². The average molecular weight is 380 g/mol. The largest absolute Gasteiger partial charge is 0.449 e. The van der Waals surface area contributed by atoms with Crippen molar-refractivity contribution >= 4 is 34.4 Å². The lowest BCUT2D eigenvalue weighted by Crippen LogP contribution is -2.30. The van der Waals surface area contributed by atoms with Crippen LogP contribution >= 0.6 is 0 Å². The van der Waals surface area contributed by atoms with Gasteiger partial charge in [0, 0.05) is 17.8 Å². The van der Waals surface area contributed by atoms with Gasteiger partial charge >= 0.3 is 5.97 Å². The van der Waals surface area contributed by atoms with Gasteiger partial charge in [-0.1, -0.05) is 17.3 Å². The van der Waals surface area contributed by atoms with E-state index in [4.69, 9.17) is 4.74 Å². The van der Waals surface area contributed by atoms with Crippen LogP contribution in [0.5, 0.6) is 0 Å². The fraction of sp³-hybridized carbons (Fsp3) is 0.250. The van der Waals surface area contributed by atoms with Gasteiger partial charge in [-0.3, -0.25) is 9.59 Å². The Labute approximate surface area is 161 Å². The lowest BCUT2D eigenvalue weighted by Gasteiger charge is -2.14. The van der Waals surface area contributed by atoms with Crippen molar-refractivity contribution in [2.75, 3.05) is 5.32 Å². The van der Waals surface area contributed by atoms with Gasteiger partial charge in [-0.15, -0.1) is 5.10 Å². The summed E-state index contributed by atoms with van der Waals surface area (Å²) in [4.78, 5) is 36.1. The number of aryl methyl sites for hydroxylation is 1. The van der Waals surface area contributed by atoms with Crippen LogP contribution in [0.4, 0.5) is 5.69 Å². The highest BCUT2D eigenvalue weighted by Gasteiger charge is 2.20. The fourth-order valence-corrected chi connectivity index (χ4v) is 2.67. The number of nitrogens with one attached hydrogen (secondary N) is 1. The molecule has 8 nitrogen and oxygen atoms in total. The molecular formula is C20H20N4O4. The molecule has 0 aliphatic carbocycles. The van der Waals surface area contributed by atoms with Gasteiger partial charge in [-0.05, 0) is 51.1 Å². The SMILES string of the molecule is CCn1nnc2cc(C(=O)O[C@@H](C)C(=O)Nc3cccc(C(C)=O)c3)ccc21. The van der Waals surface area contributed by atoms with Crippen molar-refractivity contribution in [1.29, 1.82) is 0 Å². The highest BCUT2D eigenvalue weighted by atomic mass is 16.5. The van der Waals surface area contributed by atoms with Crippen LogP contribution in [-0.2, 0) is 16.1 Å². The molecule has 0 aliphatic rings. The molecule has 0 saturated heterocycles. The van der Waals surface area contributed by atoms with E-state index in [1.165, 1.54) is 13.8 Å². The Morgan fingerprint density at radius 2 is 1.93 bits per heavy atom. The van der Waals surface area contributed by atoms with E-state index in [-0.39, 0.29) is 11.3 Å². The van der Waals surface area contributed by atoms with Crippen molar-refractivity contribution in [3.05, 3.63) is 53.6 Å². The number of amides is 1. The first-order chi connectivity index (χ1) is 13.4. The zero-order valence-corrected chi connectivity index (χ0v) is 15.8. The number of carbonyl (C=O) groups excluding carboxylic acids is 3. The lowest BCUT2D eigenvalue weighted by molar-refractivity contribution is -0.123. The molecule has 0 unspecified atom stereocenters. The minimum atomic E-state index is -1.02. The van der Waals surface area contributed by atoms with E-state index in [1.54, 1.807) is 47.1 Å². The molecule has 1 atom stereocenters. The molecule has 3 rings (SSSR count). The van der Waals surface area contributed by atoms with Gasteiger partial charge in [0.1, 0.15) is 5.52 Å². The summed E-state index contributed by atoms with van der Waals surface area (Å²) in [5.41, 5.74) is 2.62. The monoisotopic (exact) mass is 380 g/mol. The van der Waals surface area contributed by atoms with Crippen LogP contribution in [0.2, 0.25) is 0 Å². The molecule has 2 aromatic carbocycles. The Morgan fingerprint density at radius 1 is 1.14 bits per heavy atom. The number of hydrogen-bond donors (Lipinski definition) is 1. The van der Waals surface area contributed by atoms with E-state index in [9.17, 15) is 14.4 Å². The van der Waals surface area contributed by atoms with E-state index < -0.39 is 18.0 Å². The minimum absolute atomic E-state index is 0.106. The van der Waals surface area contributed by atoms with E-state index >= 15 is 0 Å². The molecule has 3 aromatic rings. The van der Waals surface area contributed by atoms with Crippen LogP contribution in [0.15, 0.2) is 42.5 Å². The normalized spacial score (nSPS) is 11.8. The molecule has 0 spiro atoms. The number of ketones is 1. The van der Waals surface area contributed by atoms with Crippen molar-refractivity contribution in [2.24, 2.45) is 0 Å². The number of carbonyl (C=O) groups is 3. The highest BCUT2D eigenvalue weighted by molar-refractivity contribution is 6.00. The molecule has 144 valence electrons. The first-order valence-electron chi connectivity index (χ1n) is 8.85. The molecule has 0 radical (unpaired) electrons. The maximum Gasteiger partial charge on any atom is 0.338 e. The maximum atomic E-state index is 12.4. The quantitative estimate of drug-likeness (QED) is 0.521. The van der Waals surface area contributed by atoms with Gasteiger partial charge in [0.2, 0.25) is 0 Å². The van der Waals surface area contributed by atoms with Crippen molar-refractivity contribution in [3.63, 3.8) is 0 Å². The molecule has 1 N–H and O–H groups in total. The smallest absolute Gasteiger partial charge is 0.338 e. The number of esters is 1. The van der Waals surface area contributed by atoms with E-state index in [1.807, 2.05) is 6.92 Å². The Bertz CT molecular complexity index is 1060. The summed E-state index contributed by atoms with van der Waals surface area (Å²) in [6, 6.07) is 11.5. The zero-order chi connectivity index (χ0) is 20.3. The van der Waals surface area contributed by atoms with Gasteiger partial charge in [0.05, 0.1) is 11.1 Å². The number of aromatic nitrogens is 3. The predicted octanol–water partition coefficient (Wildman–Crippen LogP) is 2.84. The molecule has 0 aliphatic heterocycles. The van der Waals surface area contributed by atoms with Crippen molar-refractivity contribution in [1.82, 2.24) is 15.0 Å². The first kappa shape index (κ1) is 19.2. The van der Waals surface area contributed by atoms with Gasteiger partial charge in [-0.25, -0.2) is 9.48 Å². The number of hydrogen-bond acceptors (Lipinski definition) is 6. The summed E-state index contributed by atoms with van der Waals surface area (Å²) in [5.74, 6) is -1.23. The van der Waals surface area contributed by atoms with Gasteiger partial charge in [0.15, 0.2) is 11.9 Å². The predicted molar refractivity (Wildman–Crippen MR) is 103 cm³/mol. The van der Waals surface area contributed by atoms with Crippen LogP contribution in [0.1, 0.15) is 41.5 Å². The Morgan fingerprint density at radius 3 is 2.64 bits per heavy atom. The summed E-state index contributed by atoms with van der Waals surface area (Å²) >= 11 is 0. The number of anilines is 1. The minimum Gasteiger partial charge on any atom is -0.449 e. The first-order valence-corrected chi connectivity index (χ1v) is 8.85. The van der Waals surface area contributed by atoms with Crippen molar-refractivity contribution in [3.8, 4) is 0 Å². The molecule has 0 saturated carbocycles. The topological polar surface area (TPSA) is 103 Å². The van der Waals surface area contributed by atoms with E-state index in [0.717, 1.165) is 5.52 Å². The summed E-state index contributed by atoms with van der Waals surface area (Å²) in [7, 11) is 0. The summed E-state index contributed by atoms with van der Waals surface area (Å²) in [6.45, 7) is 5.54. The number of benzene rings is 2. The third-order valence-electron chi connectivity index (χ3n) is 4.24. The Hall–Kier alpha value is -3.55. The van der Waals surface area contributed by atoms with E-state index in [0.29, 0.717) is 23.3 Å². The van der Waals surface area contributed by atoms with E-state index in [2.05, 4.69) is 15.6 Å². The third kappa shape index (κ3) is 4.06. The van der Waals surface area contributed by atoms with Gasteiger partial charge < -0.3 is 10.1 Å². The Kier molecular flexibility index (Phi) is 5.49. The summed E-state index contributed by atoms with van der Waals surface area (Å²) in [6.07, 6.45) is -1.02. The van der Waals surface area contributed by atoms with Crippen LogP contribution in [0.25, 0.3) is 11.0 Å². The van der Waals surface area contributed by atoms with Gasteiger partial charge in [-0.2, -0.15) is 0 Å². The van der Waals surface area contributed by atoms with Crippen molar-refractivity contribution in [2.45, 2.75) is 33.4 Å². The number of ether oxygens (including phenoxy) is 1. The highest BCUT2D eigenvalue weighted by Crippen LogP contribution is 2.16. The molecule has 1 heterocycles. The van der Waals surface area contributed by atoms with Crippen molar-refractivity contribution < 1.29 is 19.1 Å². The second-order valence-corrected chi connectivity index (χ2v) is 6.28. The molecule has 28 heavy (non-hydrogen) atoms. The van der Waals surface area contributed by atoms with Crippen LogP contribution in [0, 0.1) is 0 Å². The standard InChI is InChI=1S/C20H20N4O4/c1-4-24-18-9-8-15(11-17(18)22-23-24)20(27)28-13(3)19(26)21-16-7-5-6-14(10-16)12(2)25/h5-11,13H,4H2,1-3H3,(H,21,26)/t13-/m0/s1. The number of nitrogens with zero attached hydrogens (tertiary/aromatic N) is 3. The molecule has 8 heteroatoms. The maximum absolute atomic E-state index is 12.4. The molecule has 1 aromatic heterocycles. The molecule has 0 bridgehead atoms. The molecular weight excluding hydrogens is 360 g/mol. The van der Waals surface area contributed by atoms with Crippen LogP contribution in [-0.4, -0.2) is 38.8 Å². The number of fused-ring (bicyclic) bond motifs is 1. The zero-order valence-electron chi connectivity index (χ0n) is 15.8.